The molecule has 0 unspecified atom stereocenters. The Bertz CT molecular complexity index is 884. The van der Waals surface area contributed by atoms with Crippen LogP contribution in [-0.4, -0.2) is 59.9 Å². The minimum Gasteiger partial charge on any atom is -0.442 e. The topological polar surface area (TPSA) is 99.5 Å². The van der Waals surface area contributed by atoms with Crippen molar-refractivity contribution < 1.29 is 17.6 Å². The van der Waals surface area contributed by atoms with E-state index in [0.717, 1.165) is 38.8 Å². The fourth-order valence-corrected chi connectivity index (χ4v) is 5.29. The lowest BCUT2D eigenvalue weighted by molar-refractivity contribution is -0.137. The molecule has 2 fully saturated rings. The van der Waals surface area contributed by atoms with E-state index in [1.807, 2.05) is 4.90 Å². The van der Waals surface area contributed by atoms with E-state index in [4.69, 9.17) is 4.42 Å². The van der Waals surface area contributed by atoms with Crippen molar-refractivity contribution in [1.82, 2.24) is 19.4 Å². The number of carbonyl (C=O) groups excluding carboxylic acids is 1. The van der Waals surface area contributed by atoms with Crippen molar-refractivity contribution in [2.24, 2.45) is 5.92 Å². The summed E-state index contributed by atoms with van der Waals surface area (Å²) in [4.78, 5) is 14.7. The number of amides is 1. The summed E-state index contributed by atoms with van der Waals surface area (Å²) >= 11 is 0. The lowest BCUT2D eigenvalue weighted by Gasteiger charge is -2.35. The predicted octanol–water partition coefficient (Wildman–Crippen LogP) is 2.08. The smallest absolute Gasteiger partial charge is 0.276 e. The molecular formula is C18H24N4O4S. The maximum atomic E-state index is 13.0. The molecule has 1 N–H and O–H groups in total. The first kappa shape index (κ1) is 18.2. The van der Waals surface area contributed by atoms with Gasteiger partial charge in [-0.15, -0.1) is 0 Å². The molecule has 0 spiro atoms. The summed E-state index contributed by atoms with van der Waals surface area (Å²) < 4.78 is 32.9. The Kier molecular flexibility index (Phi) is 5.05. The van der Waals surface area contributed by atoms with Crippen LogP contribution in [0.25, 0.3) is 11.5 Å². The van der Waals surface area contributed by atoms with E-state index in [9.17, 15) is 13.2 Å². The second kappa shape index (κ2) is 7.47. The molecule has 0 bridgehead atoms. The van der Waals surface area contributed by atoms with Gasteiger partial charge in [-0.05, 0) is 50.3 Å². The number of aromatic amines is 1. The molecule has 27 heavy (non-hydrogen) atoms. The molecule has 4 heterocycles. The van der Waals surface area contributed by atoms with Gasteiger partial charge in [-0.3, -0.25) is 9.89 Å². The highest BCUT2D eigenvalue weighted by molar-refractivity contribution is 7.89. The maximum Gasteiger partial charge on any atom is 0.276 e. The molecule has 2 aliphatic heterocycles. The molecule has 1 atom stereocenters. The Morgan fingerprint density at radius 1 is 1.11 bits per heavy atom. The SMILES string of the molecule is O=C([C@H]1CCCN(S(=O)(=O)c2ccc(-c3ccn[nH]3)o2)C1)N1CCCCC1. The molecule has 9 heteroatoms. The highest BCUT2D eigenvalue weighted by Crippen LogP contribution is 2.29. The molecule has 146 valence electrons. The molecule has 2 saturated heterocycles. The van der Waals surface area contributed by atoms with Gasteiger partial charge < -0.3 is 9.32 Å². The summed E-state index contributed by atoms with van der Waals surface area (Å²) in [6.45, 7) is 2.20. The lowest BCUT2D eigenvalue weighted by Crippen LogP contribution is -2.47. The second-order valence-corrected chi connectivity index (χ2v) is 9.05. The number of hydrogen-bond donors (Lipinski definition) is 1. The number of carbonyl (C=O) groups is 1. The van der Waals surface area contributed by atoms with E-state index >= 15 is 0 Å². The summed E-state index contributed by atoms with van der Waals surface area (Å²) in [5.41, 5.74) is 0.619. The monoisotopic (exact) mass is 392 g/mol. The summed E-state index contributed by atoms with van der Waals surface area (Å²) in [5.74, 6) is 0.241. The zero-order chi connectivity index (χ0) is 18.9. The fourth-order valence-electron chi connectivity index (χ4n) is 3.86. The highest BCUT2D eigenvalue weighted by atomic mass is 32.2. The van der Waals surface area contributed by atoms with Gasteiger partial charge in [0.15, 0.2) is 5.76 Å². The number of nitrogens with zero attached hydrogens (tertiary/aromatic N) is 3. The van der Waals surface area contributed by atoms with Gasteiger partial charge >= 0.3 is 0 Å². The molecule has 0 aromatic carbocycles. The highest BCUT2D eigenvalue weighted by Gasteiger charge is 2.36. The zero-order valence-corrected chi connectivity index (χ0v) is 16.0. The predicted molar refractivity (Wildman–Crippen MR) is 98.2 cm³/mol. The molecule has 0 aliphatic carbocycles. The van der Waals surface area contributed by atoms with Gasteiger partial charge in [0.25, 0.3) is 10.0 Å². The number of rotatable bonds is 4. The van der Waals surface area contributed by atoms with Crippen LogP contribution in [0.15, 0.2) is 33.9 Å². The Balaban J connectivity index is 1.49. The van der Waals surface area contributed by atoms with E-state index in [2.05, 4.69) is 10.2 Å². The third kappa shape index (κ3) is 3.66. The van der Waals surface area contributed by atoms with Crippen LogP contribution in [0.2, 0.25) is 0 Å². The van der Waals surface area contributed by atoms with E-state index in [-0.39, 0.29) is 23.5 Å². The molecule has 4 rings (SSSR count). The maximum absolute atomic E-state index is 13.0. The summed E-state index contributed by atoms with van der Waals surface area (Å²) in [6, 6.07) is 4.78. The van der Waals surface area contributed by atoms with E-state index < -0.39 is 10.0 Å². The number of piperidine rings is 2. The number of H-pyrrole nitrogens is 1. The number of nitrogens with one attached hydrogen (secondary N) is 1. The first-order valence-electron chi connectivity index (χ1n) is 9.44. The Hall–Kier alpha value is -2.13. The molecule has 1 amide bonds. The minimum absolute atomic E-state index is 0.0900. The number of furan rings is 1. The largest absolute Gasteiger partial charge is 0.442 e. The second-order valence-electron chi connectivity index (χ2n) is 7.18. The lowest BCUT2D eigenvalue weighted by atomic mass is 9.97. The molecule has 2 aromatic rings. The summed E-state index contributed by atoms with van der Waals surface area (Å²) in [5, 5.41) is 6.50. The van der Waals surface area contributed by atoms with E-state index in [0.29, 0.717) is 24.4 Å². The molecule has 0 saturated carbocycles. The zero-order valence-electron chi connectivity index (χ0n) is 15.1. The minimum atomic E-state index is -3.77. The van der Waals surface area contributed by atoms with Gasteiger partial charge in [-0.2, -0.15) is 9.40 Å². The third-order valence-electron chi connectivity index (χ3n) is 5.34. The van der Waals surface area contributed by atoms with Crippen LogP contribution in [-0.2, 0) is 14.8 Å². The van der Waals surface area contributed by atoms with Gasteiger partial charge in [0, 0.05) is 32.4 Å². The summed E-state index contributed by atoms with van der Waals surface area (Å²) in [6.07, 6.45) is 6.21. The standard InChI is InChI=1S/C18H24N4O4S/c23-18(21-10-2-1-3-11-21)14-5-4-12-22(13-14)27(24,25)17-7-6-16(26-17)15-8-9-19-20-15/h6-9,14H,1-5,10-13H2,(H,19,20)/t14-/m0/s1. The Morgan fingerprint density at radius 2 is 1.93 bits per heavy atom. The van der Waals surface area contributed by atoms with Crippen molar-refractivity contribution >= 4 is 15.9 Å². The van der Waals surface area contributed by atoms with Gasteiger partial charge in [0.1, 0.15) is 5.69 Å². The average molecular weight is 392 g/mol. The number of hydrogen-bond acceptors (Lipinski definition) is 5. The van der Waals surface area contributed by atoms with Crippen molar-refractivity contribution in [2.75, 3.05) is 26.2 Å². The number of sulfonamides is 1. The van der Waals surface area contributed by atoms with Crippen LogP contribution in [0.1, 0.15) is 32.1 Å². The van der Waals surface area contributed by atoms with Gasteiger partial charge in [-0.25, -0.2) is 8.42 Å². The Morgan fingerprint density at radius 3 is 2.67 bits per heavy atom. The van der Waals surface area contributed by atoms with Crippen LogP contribution in [0.3, 0.4) is 0 Å². The van der Waals surface area contributed by atoms with Crippen LogP contribution in [0, 0.1) is 5.92 Å². The molecule has 2 aliphatic rings. The van der Waals surface area contributed by atoms with Crippen molar-refractivity contribution in [3.05, 3.63) is 24.4 Å². The number of aromatic nitrogens is 2. The van der Waals surface area contributed by atoms with Gasteiger partial charge in [-0.1, -0.05) is 0 Å². The normalized spacial score (nSPS) is 22.1. The first-order chi connectivity index (χ1) is 13.1. The average Bonchev–Trinajstić information content (AvgIpc) is 3.40. The molecular weight excluding hydrogens is 368 g/mol. The number of likely N-dealkylation sites (tertiary alicyclic amines) is 1. The quantitative estimate of drug-likeness (QED) is 0.859. The van der Waals surface area contributed by atoms with Crippen LogP contribution in [0.4, 0.5) is 0 Å². The van der Waals surface area contributed by atoms with Crippen molar-refractivity contribution in [3.63, 3.8) is 0 Å². The molecule has 8 nitrogen and oxygen atoms in total. The van der Waals surface area contributed by atoms with Crippen LogP contribution >= 0.6 is 0 Å². The van der Waals surface area contributed by atoms with Crippen LogP contribution < -0.4 is 0 Å². The van der Waals surface area contributed by atoms with Crippen LogP contribution in [0.5, 0.6) is 0 Å². The van der Waals surface area contributed by atoms with Crippen molar-refractivity contribution in [3.8, 4) is 11.5 Å². The fraction of sp³-hybridized carbons (Fsp3) is 0.556. The molecule has 0 radical (unpaired) electrons. The van der Waals surface area contributed by atoms with Gasteiger partial charge in [0.05, 0.1) is 5.92 Å². The Labute approximate surface area is 158 Å². The third-order valence-corrected chi connectivity index (χ3v) is 7.08. The summed E-state index contributed by atoms with van der Waals surface area (Å²) in [7, 11) is -3.77. The molecule has 2 aromatic heterocycles. The first-order valence-corrected chi connectivity index (χ1v) is 10.9. The van der Waals surface area contributed by atoms with Crippen molar-refractivity contribution in [2.45, 2.75) is 37.2 Å². The van der Waals surface area contributed by atoms with E-state index in [1.165, 1.54) is 10.4 Å². The van der Waals surface area contributed by atoms with Crippen molar-refractivity contribution in [1.29, 1.82) is 0 Å². The van der Waals surface area contributed by atoms with E-state index in [1.54, 1.807) is 18.3 Å². The van der Waals surface area contributed by atoms with Gasteiger partial charge in [0.2, 0.25) is 11.0 Å².